The first-order chi connectivity index (χ1) is 5.04. The molecule has 0 saturated heterocycles. The van der Waals surface area contributed by atoms with E-state index >= 15 is 0 Å². The van der Waals surface area contributed by atoms with Crippen LogP contribution in [0.3, 0.4) is 0 Å². The van der Waals surface area contributed by atoms with Gasteiger partial charge < -0.3 is 9.84 Å². The Labute approximate surface area is 67.4 Å². The molecule has 0 aromatic rings. The Morgan fingerprint density at radius 1 is 1.45 bits per heavy atom. The first-order valence-corrected chi connectivity index (χ1v) is 3.88. The molecule has 0 unspecified atom stereocenters. The van der Waals surface area contributed by atoms with Crippen LogP contribution in [0.15, 0.2) is 0 Å². The highest BCUT2D eigenvalue weighted by molar-refractivity contribution is 5.71. The molecule has 0 saturated carbocycles. The summed E-state index contributed by atoms with van der Waals surface area (Å²) < 4.78 is 5.01. The number of rotatable bonds is 5. The highest BCUT2D eigenvalue weighted by atomic mass is 16.5. The zero-order valence-corrected chi connectivity index (χ0v) is 7.33. The molecule has 0 bridgehead atoms. The molecule has 0 heterocycles. The second-order valence-corrected chi connectivity index (χ2v) is 3.03. The van der Waals surface area contributed by atoms with Gasteiger partial charge >= 0.3 is 5.97 Å². The van der Waals surface area contributed by atoms with E-state index in [0.29, 0.717) is 12.5 Å². The number of carboxylic acid groups (broad SMARTS) is 1. The molecule has 3 nitrogen and oxygen atoms in total. The molecule has 0 amide bonds. The first kappa shape index (κ1) is 10.4. The second-order valence-electron chi connectivity index (χ2n) is 3.03. The maximum Gasteiger partial charge on any atom is 0.332 e. The minimum Gasteiger partial charge on any atom is -0.479 e. The molecule has 3 heteroatoms. The Balaban J connectivity index is 3.31. The summed E-state index contributed by atoms with van der Waals surface area (Å²) in [5.41, 5.74) is 0. The minimum absolute atomic E-state index is 0.533. The molecule has 1 N–H and O–H groups in total. The predicted molar refractivity (Wildman–Crippen MR) is 42.5 cm³/mol. The topological polar surface area (TPSA) is 46.5 Å². The SMILES string of the molecule is CC(C)CCO[C@H](C)C(=O)O. The second kappa shape index (κ2) is 5.13. The van der Waals surface area contributed by atoms with Gasteiger partial charge in [-0.3, -0.25) is 0 Å². The van der Waals surface area contributed by atoms with Crippen molar-refractivity contribution in [2.24, 2.45) is 5.92 Å². The number of aliphatic carboxylic acids is 1. The van der Waals surface area contributed by atoms with Gasteiger partial charge in [0.25, 0.3) is 0 Å². The Bertz CT molecular complexity index is 121. The van der Waals surface area contributed by atoms with Crippen LogP contribution in [0.25, 0.3) is 0 Å². The summed E-state index contributed by atoms with van der Waals surface area (Å²) in [7, 11) is 0. The number of ether oxygens (including phenoxy) is 1. The van der Waals surface area contributed by atoms with Crippen molar-refractivity contribution in [2.75, 3.05) is 6.61 Å². The summed E-state index contributed by atoms with van der Waals surface area (Å²) in [5, 5.41) is 8.42. The Morgan fingerprint density at radius 3 is 2.36 bits per heavy atom. The molecule has 0 fully saturated rings. The molecule has 11 heavy (non-hydrogen) atoms. The third-order valence-corrected chi connectivity index (χ3v) is 1.41. The fraction of sp³-hybridized carbons (Fsp3) is 0.875. The standard InChI is InChI=1S/C8H16O3/c1-6(2)4-5-11-7(3)8(9)10/h6-7H,4-5H2,1-3H3,(H,9,10)/t7-/m1/s1. The quantitative estimate of drug-likeness (QED) is 0.663. The smallest absolute Gasteiger partial charge is 0.332 e. The van der Waals surface area contributed by atoms with Crippen molar-refractivity contribution in [1.82, 2.24) is 0 Å². The molecule has 0 aliphatic rings. The third-order valence-electron chi connectivity index (χ3n) is 1.41. The van der Waals surface area contributed by atoms with Crippen LogP contribution in [-0.4, -0.2) is 23.8 Å². The van der Waals surface area contributed by atoms with E-state index in [0.717, 1.165) is 6.42 Å². The molecule has 0 aliphatic heterocycles. The van der Waals surface area contributed by atoms with Crippen LogP contribution in [0.4, 0.5) is 0 Å². The van der Waals surface area contributed by atoms with Crippen molar-refractivity contribution in [3.63, 3.8) is 0 Å². The van der Waals surface area contributed by atoms with Crippen molar-refractivity contribution < 1.29 is 14.6 Å². The summed E-state index contributed by atoms with van der Waals surface area (Å²) in [6.45, 7) is 6.23. The van der Waals surface area contributed by atoms with Crippen molar-refractivity contribution >= 4 is 5.97 Å². The summed E-state index contributed by atoms with van der Waals surface area (Å²) >= 11 is 0. The Morgan fingerprint density at radius 2 is 2.00 bits per heavy atom. The first-order valence-electron chi connectivity index (χ1n) is 3.88. The van der Waals surface area contributed by atoms with Gasteiger partial charge in [-0.15, -0.1) is 0 Å². The normalized spacial score (nSPS) is 13.5. The number of carboxylic acids is 1. The summed E-state index contributed by atoms with van der Waals surface area (Å²) in [4.78, 5) is 10.2. The maximum absolute atomic E-state index is 10.2. The highest BCUT2D eigenvalue weighted by Gasteiger charge is 2.10. The molecule has 0 aromatic heterocycles. The van der Waals surface area contributed by atoms with E-state index in [1.807, 2.05) is 0 Å². The maximum atomic E-state index is 10.2. The van der Waals surface area contributed by atoms with Gasteiger partial charge in [-0.05, 0) is 19.3 Å². The molecule has 0 spiro atoms. The average Bonchev–Trinajstić information content (AvgIpc) is 1.86. The summed E-state index contributed by atoms with van der Waals surface area (Å²) in [5.74, 6) is -0.329. The average molecular weight is 160 g/mol. The van der Waals surface area contributed by atoms with E-state index in [2.05, 4.69) is 13.8 Å². The number of carbonyl (C=O) groups is 1. The minimum atomic E-state index is -0.895. The van der Waals surface area contributed by atoms with E-state index in [9.17, 15) is 4.79 Å². The number of hydrogen-bond donors (Lipinski definition) is 1. The van der Waals surface area contributed by atoms with Gasteiger partial charge in [0.15, 0.2) is 6.10 Å². The molecule has 0 radical (unpaired) electrons. The van der Waals surface area contributed by atoms with E-state index < -0.39 is 12.1 Å². The van der Waals surface area contributed by atoms with Crippen LogP contribution in [0, 0.1) is 5.92 Å². The van der Waals surface area contributed by atoms with Crippen LogP contribution in [0.2, 0.25) is 0 Å². The van der Waals surface area contributed by atoms with Crippen LogP contribution in [0.5, 0.6) is 0 Å². The molecule has 66 valence electrons. The lowest BCUT2D eigenvalue weighted by Crippen LogP contribution is -2.20. The zero-order valence-electron chi connectivity index (χ0n) is 7.33. The van der Waals surface area contributed by atoms with Gasteiger partial charge in [0.2, 0.25) is 0 Å². The largest absolute Gasteiger partial charge is 0.479 e. The molecular weight excluding hydrogens is 144 g/mol. The molecule has 0 rings (SSSR count). The number of hydrogen-bond acceptors (Lipinski definition) is 2. The summed E-state index contributed by atoms with van der Waals surface area (Å²) in [6, 6.07) is 0. The van der Waals surface area contributed by atoms with Crippen molar-refractivity contribution in [3.05, 3.63) is 0 Å². The lowest BCUT2D eigenvalue weighted by atomic mass is 10.1. The summed E-state index contributed by atoms with van der Waals surface area (Å²) in [6.07, 6.45) is 0.242. The van der Waals surface area contributed by atoms with Crippen molar-refractivity contribution in [3.8, 4) is 0 Å². The van der Waals surface area contributed by atoms with E-state index in [1.165, 1.54) is 0 Å². The van der Waals surface area contributed by atoms with Crippen LogP contribution >= 0.6 is 0 Å². The molecular formula is C8H16O3. The van der Waals surface area contributed by atoms with E-state index in [4.69, 9.17) is 9.84 Å². The third kappa shape index (κ3) is 5.85. The van der Waals surface area contributed by atoms with Crippen LogP contribution in [-0.2, 0) is 9.53 Å². The van der Waals surface area contributed by atoms with Gasteiger partial charge in [-0.1, -0.05) is 13.8 Å². The van der Waals surface area contributed by atoms with Gasteiger partial charge in [0.05, 0.1) is 0 Å². The fourth-order valence-corrected chi connectivity index (χ4v) is 0.552. The Hall–Kier alpha value is -0.570. The Kier molecular flexibility index (Phi) is 4.86. The van der Waals surface area contributed by atoms with Gasteiger partial charge in [-0.25, -0.2) is 4.79 Å². The van der Waals surface area contributed by atoms with Gasteiger partial charge in [-0.2, -0.15) is 0 Å². The lowest BCUT2D eigenvalue weighted by molar-refractivity contribution is -0.149. The van der Waals surface area contributed by atoms with Crippen molar-refractivity contribution in [1.29, 1.82) is 0 Å². The fourth-order valence-electron chi connectivity index (χ4n) is 0.552. The zero-order chi connectivity index (χ0) is 8.85. The molecule has 0 aromatic carbocycles. The highest BCUT2D eigenvalue weighted by Crippen LogP contribution is 2.00. The van der Waals surface area contributed by atoms with E-state index in [1.54, 1.807) is 6.92 Å². The van der Waals surface area contributed by atoms with Gasteiger partial charge in [0.1, 0.15) is 0 Å². The van der Waals surface area contributed by atoms with Crippen LogP contribution < -0.4 is 0 Å². The van der Waals surface area contributed by atoms with E-state index in [-0.39, 0.29) is 0 Å². The lowest BCUT2D eigenvalue weighted by Gasteiger charge is -2.09. The van der Waals surface area contributed by atoms with Crippen LogP contribution in [0.1, 0.15) is 27.2 Å². The van der Waals surface area contributed by atoms with Crippen molar-refractivity contribution in [2.45, 2.75) is 33.3 Å². The van der Waals surface area contributed by atoms with Gasteiger partial charge in [0, 0.05) is 6.61 Å². The molecule has 0 aliphatic carbocycles. The monoisotopic (exact) mass is 160 g/mol. The predicted octanol–water partition coefficient (Wildman–Crippen LogP) is 1.52. The molecule has 1 atom stereocenters.